The molecule has 0 fully saturated rings. The fourth-order valence-electron chi connectivity index (χ4n) is 1.92. The molecule has 0 aliphatic carbocycles. The van der Waals surface area contributed by atoms with Crippen molar-refractivity contribution in [3.05, 3.63) is 46.1 Å². The first-order valence-corrected chi connectivity index (χ1v) is 6.87. The highest BCUT2D eigenvalue weighted by molar-refractivity contribution is 7.17. The molecule has 0 atom stereocenters. The van der Waals surface area contributed by atoms with E-state index in [1.54, 1.807) is 12.1 Å². The number of rotatable bonds is 2. The predicted octanol–water partition coefficient (Wildman–Crippen LogP) is 2.61. The summed E-state index contributed by atoms with van der Waals surface area (Å²) in [6.45, 7) is 1.46. The number of fused-ring (bicyclic) bond motifs is 1. The Morgan fingerprint density at radius 3 is 2.70 bits per heavy atom. The minimum Gasteiger partial charge on any atom is -0.326 e. The van der Waals surface area contributed by atoms with Crippen LogP contribution in [0.1, 0.15) is 6.92 Å². The number of nitrogens with one attached hydrogen (secondary N) is 2. The second-order valence-electron chi connectivity index (χ2n) is 4.31. The highest BCUT2D eigenvalue weighted by atomic mass is 32.1. The van der Waals surface area contributed by atoms with Crippen molar-refractivity contribution in [2.75, 3.05) is 5.32 Å². The number of hydrogen-bond acceptors (Lipinski definition) is 4. The number of aromatic amines is 1. The maximum Gasteiger partial charge on any atom is 0.269 e. The Hall–Kier alpha value is -2.47. The average molecular weight is 285 g/mol. The SMILES string of the molecule is CC(=O)Nc1ccc(-c2nc3ccsc3c(=O)[nH]2)cc1. The Kier molecular flexibility index (Phi) is 3.08. The van der Waals surface area contributed by atoms with Crippen LogP contribution >= 0.6 is 11.3 Å². The van der Waals surface area contributed by atoms with Crippen molar-refractivity contribution in [2.45, 2.75) is 6.92 Å². The Bertz CT molecular complexity index is 833. The van der Waals surface area contributed by atoms with Crippen molar-refractivity contribution in [3.8, 4) is 11.4 Å². The number of carbonyl (C=O) groups excluding carboxylic acids is 1. The largest absolute Gasteiger partial charge is 0.326 e. The summed E-state index contributed by atoms with van der Waals surface area (Å²) in [7, 11) is 0. The van der Waals surface area contributed by atoms with E-state index in [-0.39, 0.29) is 11.5 Å². The number of carbonyl (C=O) groups is 1. The molecular formula is C14H11N3O2S. The predicted molar refractivity (Wildman–Crippen MR) is 80.0 cm³/mol. The quantitative estimate of drug-likeness (QED) is 0.760. The Labute approximate surface area is 118 Å². The topological polar surface area (TPSA) is 74.8 Å². The number of aromatic nitrogens is 2. The third-order valence-corrected chi connectivity index (χ3v) is 3.70. The lowest BCUT2D eigenvalue weighted by Gasteiger charge is -2.04. The summed E-state index contributed by atoms with van der Waals surface area (Å²) in [4.78, 5) is 30.1. The summed E-state index contributed by atoms with van der Waals surface area (Å²) in [5.41, 5.74) is 2.06. The fraction of sp³-hybridized carbons (Fsp3) is 0.0714. The molecule has 0 saturated heterocycles. The number of benzene rings is 1. The summed E-state index contributed by atoms with van der Waals surface area (Å²) >= 11 is 1.37. The van der Waals surface area contributed by atoms with E-state index in [0.717, 1.165) is 5.56 Å². The van der Waals surface area contributed by atoms with Gasteiger partial charge >= 0.3 is 0 Å². The molecule has 20 heavy (non-hydrogen) atoms. The van der Waals surface area contributed by atoms with Crippen LogP contribution in [0.15, 0.2) is 40.5 Å². The summed E-state index contributed by atoms with van der Waals surface area (Å²) in [6.07, 6.45) is 0. The van der Waals surface area contributed by atoms with Gasteiger partial charge in [-0.15, -0.1) is 11.3 Å². The summed E-state index contributed by atoms with van der Waals surface area (Å²) < 4.78 is 0.628. The molecule has 100 valence electrons. The maximum absolute atomic E-state index is 11.9. The van der Waals surface area contributed by atoms with Crippen molar-refractivity contribution in [3.63, 3.8) is 0 Å². The molecule has 1 amide bonds. The standard InChI is InChI=1S/C14H11N3O2S/c1-8(18)15-10-4-2-9(3-5-10)13-16-11-6-7-20-12(11)14(19)17-13/h2-7H,1H3,(H,15,18)(H,16,17,19). The van der Waals surface area contributed by atoms with Crippen molar-refractivity contribution < 1.29 is 4.79 Å². The van der Waals surface area contributed by atoms with Crippen LogP contribution in [0.5, 0.6) is 0 Å². The van der Waals surface area contributed by atoms with Gasteiger partial charge in [-0.3, -0.25) is 9.59 Å². The molecule has 2 N–H and O–H groups in total. The van der Waals surface area contributed by atoms with E-state index in [0.29, 0.717) is 21.7 Å². The molecule has 6 heteroatoms. The fourth-order valence-corrected chi connectivity index (χ4v) is 2.65. The number of thiophene rings is 1. The number of anilines is 1. The van der Waals surface area contributed by atoms with Crippen molar-refractivity contribution in [1.82, 2.24) is 9.97 Å². The van der Waals surface area contributed by atoms with Crippen LogP contribution in [0.25, 0.3) is 21.6 Å². The van der Waals surface area contributed by atoms with Gasteiger partial charge in [-0.05, 0) is 35.7 Å². The van der Waals surface area contributed by atoms with E-state index < -0.39 is 0 Å². The van der Waals surface area contributed by atoms with E-state index >= 15 is 0 Å². The second kappa shape index (κ2) is 4.90. The molecule has 3 rings (SSSR count). The number of H-pyrrole nitrogens is 1. The van der Waals surface area contributed by atoms with Crippen molar-refractivity contribution >= 4 is 33.1 Å². The zero-order valence-corrected chi connectivity index (χ0v) is 11.5. The van der Waals surface area contributed by atoms with Gasteiger partial charge in [0.05, 0.1) is 5.52 Å². The molecule has 0 radical (unpaired) electrons. The monoisotopic (exact) mass is 285 g/mol. The van der Waals surface area contributed by atoms with Crippen molar-refractivity contribution in [2.24, 2.45) is 0 Å². The normalized spacial score (nSPS) is 10.7. The third-order valence-electron chi connectivity index (χ3n) is 2.79. The summed E-state index contributed by atoms with van der Waals surface area (Å²) in [5, 5.41) is 4.53. The van der Waals surface area contributed by atoms with Gasteiger partial charge in [0.1, 0.15) is 10.5 Å². The van der Waals surface area contributed by atoms with Gasteiger partial charge in [-0.2, -0.15) is 0 Å². The minimum absolute atomic E-state index is 0.121. The lowest BCUT2D eigenvalue weighted by molar-refractivity contribution is -0.114. The van der Waals surface area contributed by atoms with Gasteiger partial charge in [0.25, 0.3) is 5.56 Å². The van der Waals surface area contributed by atoms with Crippen LogP contribution < -0.4 is 10.9 Å². The molecular weight excluding hydrogens is 274 g/mol. The van der Waals surface area contributed by atoms with E-state index in [4.69, 9.17) is 0 Å². The molecule has 1 aromatic carbocycles. The zero-order valence-electron chi connectivity index (χ0n) is 10.6. The molecule has 0 unspecified atom stereocenters. The Morgan fingerprint density at radius 1 is 1.25 bits per heavy atom. The second-order valence-corrected chi connectivity index (χ2v) is 5.22. The van der Waals surface area contributed by atoms with Crippen LogP contribution in [0.4, 0.5) is 5.69 Å². The smallest absolute Gasteiger partial charge is 0.269 e. The molecule has 2 heterocycles. The van der Waals surface area contributed by atoms with E-state index in [1.165, 1.54) is 18.3 Å². The van der Waals surface area contributed by atoms with Crippen LogP contribution in [-0.4, -0.2) is 15.9 Å². The molecule has 2 aromatic heterocycles. The molecule has 0 aliphatic rings. The molecule has 0 saturated carbocycles. The van der Waals surface area contributed by atoms with E-state index in [9.17, 15) is 9.59 Å². The van der Waals surface area contributed by atoms with Crippen LogP contribution in [0.3, 0.4) is 0 Å². The Balaban J connectivity index is 2.02. The van der Waals surface area contributed by atoms with Gasteiger partial charge in [0.2, 0.25) is 5.91 Å². The molecule has 0 spiro atoms. The number of hydrogen-bond donors (Lipinski definition) is 2. The average Bonchev–Trinajstić information content (AvgIpc) is 2.87. The molecule has 0 bridgehead atoms. The highest BCUT2D eigenvalue weighted by Crippen LogP contribution is 2.20. The van der Waals surface area contributed by atoms with E-state index in [1.807, 2.05) is 23.6 Å². The summed E-state index contributed by atoms with van der Waals surface area (Å²) in [5.74, 6) is 0.402. The summed E-state index contributed by atoms with van der Waals surface area (Å²) in [6, 6.07) is 8.98. The van der Waals surface area contributed by atoms with Crippen molar-refractivity contribution in [1.29, 1.82) is 0 Å². The maximum atomic E-state index is 11.9. The van der Waals surface area contributed by atoms with Gasteiger partial charge in [0, 0.05) is 18.2 Å². The third kappa shape index (κ3) is 2.33. The molecule has 5 nitrogen and oxygen atoms in total. The Morgan fingerprint density at radius 2 is 2.00 bits per heavy atom. The minimum atomic E-state index is -0.133. The molecule has 3 aromatic rings. The molecule has 0 aliphatic heterocycles. The van der Waals surface area contributed by atoms with Gasteiger partial charge < -0.3 is 10.3 Å². The lowest BCUT2D eigenvalue weighted by atomic mass is 10.2. The zero-order chi connectivity index (χ0) is 14.1. The first-order chi connectivity index (χ1) is 9.63. The van der Waals surface area contributed by atoms with Crippen LogP contribution in [0, 0.1) is 0 Å². The first-order valence-electron chi connectivity index (χ1n) is 5.99. The van der Waals surface area contributed by atoms with Gasteiger partial charge in [-0.25, -0.2) is 4.98 Å². The lowest BCUT2D eigenvalue weighted by Crippen LogP contribution is -2.08. The van der Waals surface area contributed by atoms with Crippen LogP contribution in [-0.2, 0) is 4.79 Å². The highest BCUT2D eigenvalue weighted by Gasteiger charge is 2.07. The first kappa shape index (κ1) is 12.6. The van der Waals surface area contributed by atoms with Crippen LogP contribution in [0.2, 0.25) is 0 Å². The van der Waals surface area contributed by atoms with E-state index in [2.05, 4.69) is 15.3 Å². The number of amides is 1. The number of nitrogens with zero attached hydrogens (tertiary/aromatic N) is 1. The van der Waals surface area contributed by atoms with Gasteiger partial charge in [0.15, 0.2) is 0 Å². The van der Waals surface area contributed by atoms with Gasteiger partial charge in [-0.1, -0.05) is 0 Å².